The Morgan fingerprint density at radius 3 is 2.57 bits per heavy atom. The summed E-state index contributed by atoms with van der Waals surface area (Å²) in [5.41, 5.74) is 0. The number of para-hydroxylation sites is 1. The van der Waals surface area contributed by atoms with E-state index in [0.29, 0.717) is 26.1 Å². The first-order valence-corrected chi connectivity index (χ1v) is 8.23. The molecule has 1 aliphatic rings. The largest absolute Gasteiger partial charge is 0.494 e. The topological polar surface area (TPSA) is 70.7 Å². The molecule has 1 fully saturated rings. The van der Waals surface area contributed by atoms with E-state index in [2.05, 4.69) is 10.6 Å². The first-order valence-electron chi connectivity index (χ1n) is 8.23. The van der Waals surface area contributed by atoms with E-state index in [9.17, 15) is 9.59 Å². The summed E-state index contributed by atoms with van der Waals surface area (Å²) >= 11 is 0. The van der Waals surface area contributed by atoms with Gasteiger partial charge in [0.1, 0.15) is 5.75 Å². The Morgan fingerprint density at radius 2 is 1.87 bits per heavy atom. The van der Waals surface area contributed by atoms with Crippen LogP contribution in [-0.2, 0) is 4.79 Å². The van der Waals surface area contributed by atoms with Crippen LogP contribution in [0.1, 0.15) is 25.7 Å². The number of likely N-dealkylation sites (tertiary alicyclic amines) is 1. The van der Waals surface area contributed by atoms with Crippen molar-refractivity contribution in [1.29, 1.82) is 0 Å². The molecule has 0 atom stereocenters. The predicted octanol–water partition coefficient (Wildman–Crippen LogP) is 1.77. The predicted molar refractivity (Wildman–Crippen MR) is 88.4 cm³/mol. The van der Waals surface area contributed by atoms with Crippen LogP contribution < -0.4 is 15.4 Å². The van der Waals surface area contributed by atoms with Crippen molar-refractivity contribution in [1.82, 2.24) is 15.5 Å². The molecule has 6 nitrogen and oxygen atoms in total. The van der Waals surface area contributed by atoms with Crippen LogP contribution in [0.15, 0.2) is 30.3 Å². The zero-order valence-electron chi connectivity index (χ0n) is 13.4. The number of amides is 3. The molecule has 0 radical (unpaired) electrons. The van der Waals surface area contributed by atoms with Gasteiger partial charge in [-0.2, -0.15) is 0 Å². The van der Waals surface area contributed by atoms with E-state index < -0.39 is 0 Å². The SMILES string of the molecule is O=C(NCCCOc1ccccc1)NCCCN1CCCC1=O. The number of rotatable bonds is 9. The number of carbonyl (C=O) groups is 2. The maximum Gasteiger partial charge on any atom is 0.314 e. The third-order valence-electron chi connectivity index (χ3n) is 3.68. The summed E-state index contributed by atoms with van der Waals surface area (Å²) in [6, 6.07) is 9.44. The van der Waals surface area contributed by atoms with Crippen molar-refractivity contribution in [2.75, 3.05) is 32.8 Å². The van der Waals surface area contributed by atoms with Crippen LogP contribution in [0.3, 0.4) is 0 Å². The standard InChI is InChI=1S/C17H25N3O3/c21-16-9-4-12-20(16)13-5-10-18-17(22)19-11-6-14-23-15-7-2-1-3-8-15/h1-3,7-8H,4-6,9-14H2,(H2,18,19,22). The smallest absolute Gasteiger partial charge is 0.314 e. The zero-order chi connectivity index (χ0) is 16.3. The number of nitrogens with zero attached hydrogens (tertiary/aromatic N) is 1. The Bertz CT molecular complexity index is 493. The molecule has 1 aromatic carbocycles. The Morgan fingerprint density at radius 1 is 1.13 bits per heavy atom. The molecule has 2 N–H and O–H groups in total. The highest BCUT2D eigenvalue weighted by Crippen LogP contribution is 2.09. The maximum absolute atomic E-state index is 11.6. The van der Waals surface area contributed by atoms with E-state index in [0.717, 1.165) is 38.1 Å². The molecule has 0 saturated carbocycles. The van der Waals surface area contributed by atoms with Gasteiger partial charge in [-0.05, 0) is 31.4 Å². The monoisotopic (exact) mass is 319 g/mol. The zero-order valence-corrected chi connectivity index (χ0v) is 13.4. The van der Waals surface area contributed by atoms with Crippen LogP contribution >= 0.6 is 0 Å². The number of urea groups is 1. The van der Waals surface area contributed by atoms with E-state index in [-0.39, 0.29) is 11.9 Å². The van der Waals surface area contributed by atoms with Gasteiger partial charge < -0.3 is 20.3 Å². The van der Waals surface area contributed by atoms with Crippen LogP contribution in [0.5, 0.6) is 5.75 Å². The van der Waals surface area contributed by atoms with Crippen molar-refractivity contribution in [2.24, 2.45) is 0 Å². The highest BCUT2D eigenvalue weighted by atomic mass is 16.5. The van der Waals surface area contributed by atoms with Gasteiger partial charge >= 0.3 is 6.03 Å². The Balaban J connectivity index is 1.43. The molecule has 0 aliphatic carbocycles. The number of carbonyl (C=O) groups excluding carboxylic acids is 2. The number of hydrogen-bond donors (Lipinski definition) is 2. The van der Waals surface area contributed by atoms with Crippen LogP contribution in [0.4, 0.5) is 4.79 Å². The average molecular weight is 319 g/mol. The van der Waals surface area contributed by atoms with Gasteiger partial charge in [-0.3, -0.25) is 4.79 Å². The van der Waals surface area contributed by atoms with Gasteiger partial charge in [-0.1, -0.05) is 18.2 Å². The lowest BCUT2D eigenvalue weighted by molar-refractivity contribution is -0.127. The molecule has 2 rings (SSSR count). The Kier molecular flexibility index (Phi) is 7.23. The van der Waals surface area contributed by atoms with Crippen LogP contribution in [0.25, 0.3) is 0 Å². The third kappa shape index (κ3) is 6.59. The fraction of sp³-hybridized carbons (Fsp3) is 0.529. The van der Waals surface area contributed by atoms with E-state index in [1.54, 1.807) is 0 Å². The lowest BCUT2D eigenvalue weighted by Crippen LogP contribution is -2.38. The summed E-state index contributed by atoms with van der Waals surface area (Å²) < 4.78 is 5.54. The molecule has 126 valence electrons. The van der Waals surface area contributed by atoms with Crippen LogP contribution in [-0.4, -0.2) is 49.6 Å². The molecule has 1 saturated heterocycles. The molecule has 0 aromatic heterocycles. The van der Waals surface area contributed by atoms with E-state index in [1.807, 2.05) is 35.2 Å². The Labute approximate surface area is 137 Å². The number of hydrogen-bond acceptors (Lipinski definition) is 3. The summed E-state index contributed by atoms with van der Waals surface area (Å²) in [7, 11) is 0. The summed E-state index contributed by atoms with van der Waals surface area (Å²) in [5, 5.41) is 5.60. The van der Waals surface area contributed by atoms with Gasteiger partial charge in [0.25, 0.3) is 0 Å². The van der Waals surface area contributed by atoms with Gasteiger partial charge in [0.15, 0.2) is 0 Å². The summed E-state index contributed by atoms with van der Waals surface area (Å²) in [5.74, 6) is 1.07. The Hall–Kier alpha value is -2.24. The van der Waals surface area contributed by atoms with Crippen molar-refractivity contribution in [3.63, 3.8) is 0 Å². The van der Waals surface area contributed by atoms with Gasteiger partial charge in [0.2, 0.25) is 5.91 Å². The van der Waals surface area contributed by atoms with Crippen molar-refractivity contribution < 1.29 is 14.3 Å². The first kappa shape index (κ1) is 17.1. The molecule has 0 spiro atoms. The highest BCUT2D eigenvalue weighted by Gasteiger charge is 2.18. The molecule has 6 heteroatoms. The van der Waals surface area contributed by atoms with Gasteiger partial charge in [-0.25, -0.2) is 4.79 Å². The van der Waals surface area contributed by atoms with Gasteiger partial charge in [-0.15, -0.1) is 0 Å². The molecule has 0 bridgehead atoms. The summed E-state index contributed by atoms with van der Waals surface area (Å²) in [4.78, 5) is 24.9. The van der Waals surface area contributed by atoms with Crippen LogP contribution in [0, 0.1) is 0 Å². The van der Waals surface area contributed by atoms with Crippen molar-refractivity contribution in [3.05, 3.63) is 30.3 Å². The highest BCUT2D eigenvalue weighted by molar-refractivity contribution is 5.78. The van der Waals surface area contributed by atoms with Gasteiger partial charge in [0, 0.05) is 32.6 Å². The second kappa shape index (κ2) is 9.71. The lowest BCUT2D eigenvalue weighted by Gasteiger charge is -2.15. The summed E-state index contributed by atoms with van der Waals surface area (Å²) in [6.07, 6.45) is 3.16. The molecular weight excluding hydrogens is 294 g/mol. The second-order valence-corrected chi connectivity index (χ2v) is 5.54. The molecule has 1 aromatic rings. The number of benzene rings is 1. The number of nitrogens with one attached hydrogen (secondary N) is 2. The second-order valence-electron chi connectivity index (χ2n) is 5.54. The number of ether oxygens (including phenoxy) is 1. The fourth-order valence-electron chi connectivity index (χ4n) is 2.46. The van der Waals surface area contributed by atoms with E-state index in [1.165, 1.54) is 0 Å². The van der Waals surface area contributed by atoms with Gasteiger partial charge in [0.05, 0.1) is 6.61 Å². The normalized spacial score (nSPS) is 13.9. The van der Waals surface area contributed by atoms with Crippen molar-refractivity contribution in [3.8, 4) is 5.75 Å². The third-order valence-corrected chi connectivity index (χ3v) is 3.68. The lowest BCUT2D eigenvalue weighted by atomic mass is 10.3. The first-order chi connectivity index (χ1) is 11.3. The van der Waals surface area contributed by atoms with Crippen molar-refractivity contribution >= 4 is 11.9 Å². The minimum absolute atomic E-state index is 0.169. The quantitative estimate of drug-likeness (QED) is 0.682. The van der Waals surface area contributed by atoms with E-state index >= 15 is 0 Å². The minimum atomic E-state index is -0.169. The average Bonchev–Trinajstić information content (AvgIpc) is 2.97. The molecule has 3 amide bonds. The van der Waals surface area contributed by atoms with Crippen LogP contribution in [0.2, 0.25) is 0 Å². The maximum atomic E-state index is 11.6. The molecular formula is C17H25N3O3. The molecule has 1 aliphatic heterocycles. The van der Waals surface area contributed by atoms with Crippen molar-refractivity contribution in [2.45, 2.75) is 25.7 Å². The molecule has 1 heterocycles. The molecule has 0 unspecified atom stereocenters. The van der Waals surface area contributed by atoms with E-state index in [4.69, 9.17) is 4.74 Å². The fourth-order valence-corrected chi connectivity index (χ4v) is 2.46. The molecule has 23 heavy (non-hydrogen) atoms. The summed E-state index contributed by atoms with van der Waals surface area (Å²) in [6.45, 7) is 3.30. The minimum Gasteiger partial charge on any atom is -0.494 e.